The van der Waals surface area contributed by atoms with Crippen molar-refractivity contribution in [3.8, 4) is 5.75 Å². The lowest BCUT2D eigenvalue weighted by Gasteiger charge is -2.41. The molecule has 1 unspecified atom stereocenters. The molecule has 1 aromatic rings. The number of nitrogens with zero attached hydrogens (tertiary/aromatic N) is 1. The van der Waals surface area contributed by atoms with E-state index >= 15 is 0 Å². The van der Waals surface area contributed by atoms with Crippen molar-refractivity contribution in [1.82, 2.24) is 4.90 Å². The molecule has 0 heterocycles. The minimum absolute atomic E-state index is 0.141. The van der Waals surface area contributed by atoms with Gasteiger partial charge in [-0.2, -0.15) is 0 Å². The molecule has 1 fully saturated rings. The fourth-order valence-electron chi connectivity index (χ4n) is 3.40. The molecule has 2 rings (SSSR count). The molecule has 1 aromatic carbocycles. The van der Waals surface area contributed by atoms with Gasteiger partial charge in [0, 0.05) is 16.1 Å². The molecule has 4 heteroatoms. The molecule has 2 N–H and O–H groups in total. The highest BCUT2D eigenvalue weighted by molar-refractivity contribution is 9.10. The monoisotopic (exact) mass is 340 g/mol. The summed E-state index contributed by atoms with van der Waals surface area (Å²) in [6, 6.07) is 6.24. The summed E-state index contributed by atoms with van der Waals surface area (Å²) in [6.45, 7) is 0. The molecule has 0 aromatic heterocycles. The fourth-order valence-corrected chi connectivity index (χ4v) is 3.81. The van der Waals surface area contributed by atoms with E-state index in [0.717, 1.165) is 16.6 Å². The standard InChI is InChI=1S/C16H25BrN2O/c1-19(2)16(8-4-5-9-16)15(18)11-12-10-13(20-3)6-7-14(12)17/h6-7,10,15H,4-5,8-9,11,18H2,1-3H3. The van der Waals surface area contributed by atoms with Gasteiger partial charge in [0.2, 0.25) is 0 Å². The Morgan fingerprint density at radius 1 is 1.35 bits per heavy atom. The molecular weight excluding hydrogens is 316 g/mol. The molecule has 0 spiro atoms. The van der Waals surface area contributed by atoms with Gasteiger partial charge in [0.05, 0.1) is 7.11 Å². The summed E-state index contributed by atoms with van der Waals surface area (Å²) in [6.07, 6.45) is 5.83. The van der Waals surface area contributed by atoms with Crippen LogP contribution in [0.1, 0.15) is 31.2 Å². The number of halogens is 1. The molecule has 0 amide bonds. The fraction of sp³-hybridized carbons (Fsp3) is 0.625. The quantitative estimate of drug-likeness (QED) is 0.894. The van der Waals surface area contributed by atoms with Crippen molar-refractivity contribution in [2.45, 2.75) is 43.7 Å². The second-order valence-electron chi connectivity index (χ2n) is 5.97. The van der Waals surface area contributed by atoms with Crippen LogP contribution in [0.2, 0.25) is 0 Å². The maximum Gasteiger partial charge on any atom is 0.119 e. The van der Waals surface area contributed by atoms with E-state index in [-0.39, 0.29) is 11.6 Å². The number of hydrogen-bond donors (Lipinski definition) is 1. The predicted molar refractivity (Wildman–Crippen MR) is 87.3 cm³/mol. The molecule has 1 atom stereocenters. The van der Waals surface area contributed by atoms with Crippen molar-refractivity contribution in [2.75, 3.05) is 21.2 Å². The smallest absolute Gasteiger partial charge is 0.119 e. The molecule has 0 aliphatic heterocycles. The largest absolute Gasteiger partial charge is 0.497 e. The predicted octanol–water partition coefficient (Wildman–Crippen LogP) is 3.20. The lowest BCUT2D eigenvalue weighted by Crippen LogP contribution is -2.56. The Bertz CT molecular complexity index is 456. The van der Waals surface area contributed by atoms with Crippen molar-refractivity contribution in [3.63, 3.8) is 0 Å². The van der Waals surface area contributed by atoms with E-state index in [1.807, 2.05) is 12.1 Å². The van der Waals surface area contributed by atoms with Crippen LogP contribution in [0, 0.1) is 0 Å². The van der Waals surface area contributed by atoms with Gasteiger partial charge in [0.25, 0.3) is 0 Å². The first-order valence-corrected chi connectivity index (χ1v) is 8.04. The Morgan fingerprint density at radius 2 is 2.00 bits per heavy atom. The van der Waals surface area contributed by atoms with Crippen LogP contribution in [0.25, 0.3) is 0 Å². The highest BCUT2D eigenvalue weighted by Crippen LogP contribution is 2.37. The number of benzene rings is 1. The molecule has 1 aliphatic rings. The maximum atomic E-state index is 6.60. The van der Waals surface area contributed by atoms with Gasteiger partial charge in [-0.25, -0.2) is 0 Å². The molecule has 20 heavy (non-hydrogen) atoms. The minimum Gasteiger partial charge on any atom is -0.497 e. The average molecular weight is 341 g/mol. The van der Waals surface area contributed by atoms with Gasteiger partial charge in [-0.05, 0) is 57.1 Å². The second kappa shape index (κ2) is 6.46. The van der Waals surface area contributed by atoms with Crippen molar-refractivity contribution in [1.29, 1.82) is 0 Å². The van der Waals surface area contributed by atoms with Crippen LogP contribution in [0.5, 0.6) is 5.75 Å². The zero-order valence-corrected chi connectivity index (χ0v) is 14.2. The van der Waals surface area contributed by atoms with Gasteiger partial charge >= 0.3 is 0 Å². The summed E-state index contributed by atoms with van der Waals surface area (Å²) in [4.78, 5) is 2.33. The zero-order valence-electron chi connectivity index (χ0n) is 12.7. The first kappa shape index (κ1) is 15.8. The Morgan fingerprint density at radius 3 is 2.55 bits per heavy atom. The van der Waals surface area contributed by atoms with Crippen LogP contribution >= 0.6 is 15.9 Å². The summed E-state index contributed by atoms with van der Waals surface area (Å²) < 4.78 is 6.43. The number of hydrogen-bond acceptors (Lipinski definition) is 3. The summed E-state index contributed by atoms with van der Waals surface area (Å²) in [5, 5.41) is 0. The van der Waals surface area contributed by atoms with Crippen LogP contribution < -0.4 is 10.5 Å². The van der Waals surface area contributed by atoms with Crippen LogP contribution in [-0.2, 0) is 6.42 Å². The van der Waals surface area contributed by atoms with Crippen LogP contribution in [0.4, 0.5) is 0 Å². The third kappa shape index (κ3) is 3.02. The van der Waals surface area contributed by atoms with Gasteiger partial charge in [0.1, 0.15) is 5.75 Å². The van der Waals surface area contributed by atoms with E-state index in [2.05, 4.69) is 41.0 Å². The van der Waals surface area contributed by atoms with E-state index in [4.69, 9.17) is 10.5 Å². The van der Waals surface area contributed by atoms with Crippen LogP contribution in [0.3, 0.4) is 0 Å². The highest BCUT2D eigenvalue weighted by atomic mass is 79.9. The Hall–Kier alpha value is -0.580. The number of likely N-dealkylation sites (N-methyl/N-ethyl adjacent to an activating group) is 1. The number of rotatable bonds is 5. The number of nitrogens with two attached hydrogens (primary N) is 1. The van der Waals surface area contributed by atoms with Crippen molar-refractivity contribution < 1.29 is 4.74 Å². The molecule has 0 saturated heterocycles. The molecule has 1 saturated carbocycles. The van der Waals surface area contributed by atoms with E-state index in [9.17, 15) is 0 Å². The first-order valence-electron chi connectivity index (χ1n) is 7.25. The SMILES string of the molecule is COc1ccc(Br)c(CC(N)C2(N(C)C)CCCC2)c1. The first-order chi connectivity index (χ1) is 9.49. The van der Waals surface area contributed by atoms with Crippen molar-refractivity contribution in [3.05, 3.63) is 28.2 Å². The van der Waals surface area contributed by atoms with E-state index in [0.29, 0.717) is 0 Å². The average Bonchev–Trinajstić information content (AvgIpc) is 2.92. The summed E-state index contributed by atoms with van der Waals surface area (Å²) >= 11 is 3.63. The Balaban J connectivity index is 2.20. The maximum absolute atomic E-state index is 6.60. The summed E-state index contributed by atoms with van der Waals surface area (Å²) in [5.41, 5.74) is 7.97. The number of ether oxygens (including phenoxy) is 1. The highest BCUT2D eigenvalue weighted by Gasteiger charge is 2.41. The topological polar surface area (TPSA) is 38.5 Å². The van der Waals surface area contributed by atoms with Crippen molar-refractivity contribution in [2.24, 2.45) is 5.73 Å². The minimum atomic E-state index is 0.141. The van der Waals surface area contributed by atoms with Crippen molar-refractivity contribution >= 4 is 15.9 Å². The summed E-state index contributed by atoms with van der Waals surface area (Å²) in [7, 11) is 6.02. The Kier molecular flexibility index (Phi) is 5.10. The zero-order chi connectivity index (χ0) is 14.8. The third-order valence-electron chi connectivity index (χ3n) is 4.74. The molecule has 3 nitrogen and oxygen atoms in total. The van der Waals surface area contributed by atoms with E-state index in [1.54, 1.807) is 7.11 Å². The van der Waals surface area contributed by atoms with Gasteiger partial charge in [-0.1, -0.05) is 28.8 Å². The normalized spacial score (nSPS) is 19.3. The molecular formula is C16H25BrN2O. The third-order valence-corrected chi connectivity index (χ3v) is 5.52. The molecule has 1 aliphatic carbocycles. The lowest BCUT2D eigenvalue weighted by molar-refractivity contribution is 0.123. The van der Waals surface area contributed by atoms with Gasteiger partial charge in [-0.3, -0.25) is 0 Å². The van der Waals surface area contributed by atoms with Gasteiger partial charge in [0.15, 0.2) is 0 Å². The number of methoxy groups -OCH3 is 1. The second-order valence-corrected chi connectivity index (χ2v) is 6.83. The van der Waals surface area contributed by atoms with Crippen LogP contribution in [-0.4, -0.2) is 37.7 Å². The van der Waals surface area contributed by atoms with E-state index < -0.39 is 0 Å². The Labute approximate surface area is 130 Å². The van der Waals surface area contributed by atoms with Gasteiger partial charge < -0.3 is 15.4 Å². The lowest BCUT2D eigenvalue weighted by atomic mass is 9.83. The molecule has 0 radical (unpaired) electrons. The van der Waals surface area contributed by atoms with Gasteiger partial charge in [-0.15, -0.1) is 0 Å². The molecule has 112 valence electrons. The van der Waals surface area contributed by atoms with Crippen LogP contribution in [0.15, 0.2) is 22.7 Å². The van der Waals surface area contributed by atoms with E-state index in [1.165, 1.54) is 31.2 Å². The molecule has 0 bridgehead atoms. The summed E-state index contributed by atoms with van der Waals surface area (Å²) in [5.74, 6) is 0.890.